The average Bonchev–Trinajstić information content (AvgIpc) is 3.20. The van der Waals surface area contributed by atoms with Crippen molar-refractivity contribution in [1.29, 1.82) is 0 Å². The lowest BCUT2D eigenvalue weighted by Gasteiger charge is -2.42. The molecule has 126 valence electrons. The van der Waals surface area contributed by atoms with E-state index < -0.39 is 0 Å². The quantitative estimate of drug-likeness (QED) is 0.914. The van der Waals surface area contributed by atoms with Gasteiger partial charge < -0.3 is 9.84 Å². The molecular weight excluding hydrogens is 304 g/mol. The molecule has 1 aromatic carbocycles. The van der Waals surface area contributed by atoms with Crippen molar-refractivity contribution in [1.82, 2.24) is 15.0 Å². The summed E-state index contributed by atoms with van der Waals surface area (Å²) < 4.78 is 5.43. The SMILES string of the molecule is O=C(Cc1noc(C2CCN2C2CCCC2)n1)Nc1ccccc1. The molecule has 6 heteroatoms. The summed E-state index contributed by atoms with van der Waals surface area (Å²) in [5.74, 6) is 0.988. The van der Waals surface area contributed by atoms with Gasteiger partial charge in [-0.3, -0.25) is 9.69 Å². The van der Waals surface area contributed by atoms with Crippen molar-refractivity contribution < 1.29 is 9.32 Å². The van der Waals surface area contributed by atoms with Crippen molar-refractivity contribution in [3.8, 4) is 0 Å². The van der Waals surface area contributed by atoms with Crippen LogP contribution in [0, 0.1) is 0 Å². The minimum atomic E-state index is -0.130. The Morgan fingerprint density at radius 2 is 2.00 bits per heavy atom. The molecule has 1 amide bonds. The zero-order valence-electron chi connectivity index (χ0n) is 13.6. The molecule has 4 rings (SSSR count). The van der Waals surface area contributed by atoms with E-state index in [1.807, 2.05) is 30.3 Å². The third kappa shape index (κ3) is 3.19. The predicted molar refractivity (Wildman–Crippen MR) is 89.4 cm³/mol. The number of carbonyl (C=O) groups excluding carboxylic acids is 1. The largest absolute Gasteiger partial charge is 0.338 e. The molecule has 2 aliphatic rings. The summed E-state index contributed by atoms with van der Waals surface area (Å²) >= 11 is 0. The molecule has 1 atom stereocenters. The summed E-state index contributed by atoms with van der Waals surface area (Å²) in [6.45, 7) is 1.11. The third-order valence-corrected chi connectivity index (χ3v) is 5.00. The number of nitrogens with one attached hydrogen (secondary N) is 1. The van der Waals surface area contributed by atoms with E-state index in [-0.39, 0.29) is 18.4 Å². The molecule has 2 aromatic rings. The maximum Gasteiger partial charge on any atom is 0.244 e. The molecule has 0 bridgehead atoms. The summed E-state index contributed by atoms with van der Waals surface area (Å²) in [6.07, 6.45) is 6.39. The number of para-hydroxylation sites is 1. The third-order valence-electron chi connectivity index (χ3n) is 5.00. The van der Waals surface area contributed by atoms with Gasteiger partial charge in [0.1, 0.15) is 0 Å². The maximum atomic E-state index is 12.1. The van der Waals surface area contributed by atoms with Crippen LogP contribution in [0.1, 0.15) is 49.9 Å². The van der Waals surface area contributed by atoms with Crippen molar-refractivity contribution >= 4 is 11.6 Å². The Morgan fingerprint density at radius 3 is 2.71 bits per heavy atom. The van der Waals surface area contributed by atoms with Crippen LogP contribution >= 0.6 is 0 Å². The van der Waals surface area contributed by atoms with Gasteiger partial charge in [-0.1, -0.05) is 36.2 Å². The average molecular weight is 326 g/mol. The zero-order valence-corrected chi connectivity index (χ0v) is 13.6. The summed E-state index contributed by atoms with van der Waals surface area (Å²) in [5.41, 5.74) is 0.776. The molecule has 1 saturated carbocycles. The maximum absolute atomic E-state index is 12.1. The van der Waals surface area contributed by atoms with Crippen molar-refractivity contribution in [3.63, 3.8) is 0 Å². The van der Waals surface area contributed by atoms with Crippen molar-refractivity contribution in [3.05, 3.63) is 42.0 Å². The zero-order chi connectivity index (χ0) is 16.4. The van der Waals surface area contributed by atoms with Gasteiger partial charge in [-0.2, -0.15) is 4.98 Å². The van der Waals surface area contributed by atoms with Crippen LogP contribution < -0.4 is 5.32 Å². The summed E-state index contributed by atoms with van der Waals surface area (Å²) in [6, 6.07) is 10.3. The minimum absolute atomic E-state index is 0.130. The molecule has 2 heterocycles. The van der Waals surface area contributed by atoms with E-state index in [1.54, 1.807) is 0 Å². The van der Waals surface area contributed by atoms with Crippen LogP contribution in [0.25, 0.3) is 0 Å². The molecule has 1 aliphatic heterocycles. The van der Waals surface area contributed by atoms with Gasteiger partial charge in [0.15, 0.2) is 5.82 Å². The van der Waals surface area contributed by atoms with E-state index in [4.69, 9.17) is 4.52 Å². The predicted octanol–water partition coefficient (Wildman–Crippen LogP) is 2.94. The second-order valence-electron chi connectivity index (χ2n) is 6.62. The van der Waals surface area contributed by atoms with Crippen molar-refractivity contribution in [2.75, 3.05) is 11.9 Å². The lowest BCUT2D eigenvalue weighted by atomic mass is 9.98. The Balaban J connectivity index is 1.35. The van der Waals surface area contributed by atoms with Gasteiger partial charge in [-0.25, -0.2) is 0 Å². The van der Waals surface area contributed by atoms with E-state index in [0.29, 0.717) is 17.8 Å². The highest BCUT2D eigenvalue weighted by molar-refractivity contribution is 5.91. The normalized spacial score (nSPS) is 21.6. The number of anilines is 1. The van der Waals surface area contributed by atoms with Crippen LogP contribution in [0.15, 0.2) is 34.9 Å². The number of likely N-dealkylation sites (tertiary alicyclic amines) is 1. The fourth-order valence-corrected chi connectivity index (χ4v) is 3.69. The molecule has 1 aromatic heterocycles. The minimum Gasteiger partial charge on any atom is -0.338 e. The van der Waals surface area contributed by atoms with E-state index in [2.05, 4.69) is 20.4 Å². The number of rotatable bonds is 5. The first-order valence-electron chi connectivity index (χ1n) is 8.73. The van der Waals surface area contributed by atoms with Crippen molar-refractivity contribution in [2.45, 2.75) is 50.6 Å². The van der Waals surface area contributed by atoms with Gasteiger partial charge in [0, 0.05) is 18.3 Å². The first kappa shape index (κ1) is 15.3. The van der Waals surface area contributed by atoms with Gasteiger partial charge in [-0.15, -0.1) is 0 Å². The molecule has 6 nitrogen and oxygen atoms in total. The molecule has 24 heavy (non-hydrogen) atoms. The van der Waals surface area contributed by atoms with E-state index in [0.717, 1.165) is 18.7 Å². The van der Waals surface area contributed by atoms with Crippen LogP contribution in [0.4, 0.5) is 5.69 Å². The highest BCUT2D eigenvalue weighted by Gasteiger charge is 2.39. The van der Waals surface area contributed by atoms with E-state index >= 15 is 0 Å². The first-order valence-corrected chi connectivity index (χ1v) is 8.73. The van der Waals surface area contributed by atoms with E-state index in [9.17, 15) is 4.79 Å². The number of hydrogen-bond donors (Lipinski definition) is 1. The second-order valence-corrected chi connectivity index (χ2v) is 6.62. The number of benzene rings is 1. The molecule has 0 spiro atoms. The lowest BCUT2D eigenvalue weighted by Crippen LogP contribution is -2.46. The van der Waals surface area contributed by atoms with Gasteiger partial charge in [0.2, 0.25) is 11.8 Å². The van der Waals surface area contributed by atoms with Crippen LogP contribution in [0.5, 0.6) is 0 Å². The van der Waals surface area contributed by atoms with Gasteiger partial charge in [0.05, 0.1) is 12.5 Å². The molecule has 2 fully saturated rings. The second kappa shape index (κ2) is 6.73. The fourth-order valence-electron chi connectivity index (χ4n) is 3.69. The lowest BCUT2D eigenvalue weighted by molar-refractivity contribution is -0.115. The van der Waals surface area contributed by atoms with Crippen LogP contribution in [-0.4, -0.2) is 33.5 Å². The Morgan fingerprint density at radius 1 is 1.21 bits per heavy atom. The van der Waals surface area contributed by atoms with Gasteiger partial charge in [0.25, 0.3) is 0 Å². The highest BCUT2D eigenvalue weighted by atomic mass is 16.5. The number of carbonyl (C=O) groups is 1. The monoisotopic (exact) mass is 326 g/mol. The van der Waals surface area contributed by atoms with Gasteiger partial charge >= 0.3 is 0 Å². The van der Waals surface area contributed by atoms with Crippen LogP contribution in [0.2, 0.25) is 0 Å². The van der Waals surface area contributed by atoms with Crippen LogP contribution in [-0.2, 0) is 11.2 Å². The molecule has 1 N–H and O–H groups in total. The Hall–Kier alpha value is -2.21. The Bertz CT molecular complexity index is 694. The van der Waals surface area contributed by atoms with Crippen molar-refractivity contribution in [2.24, 2.45) is 0 Å². The number of aromatic nitrogens is 2. The smallest absolute Gasteiger partial charge is 0.244 e. The highest BCUT2D eigenvalue weighted by Crippen LogP contribution is 2.38. The number of hydrogen-bond acceptors (Lipinski definition) is 5. The fraction of sp³-hybridized carbons (Fsp3) is 0.500. The Labute approximate surface area is 141 Å². The topological polar surface area (TPSA) is 71.3 Å². The number of nitrogens with zero attached hydrogens (tertiary/aromatic N) is 3. The molecule has 0 radical (unpaired) electrons. The summed E-state index contributed by atoms with van der Waals surface area (Å²) in [4.78, 5) is 19.0. The number of amides is 1. The standard InChI is InChI=1S/C18H22N4O2/c23-17(19-13-6-2-1-3-7-13)12-16-20-18(24-21-16)15-10-11-22(15)14-8-4-5-9-14/h1-3,6-7,14-15H,4-5,8-12H2,(H,19,23). The van der Waals surface area contributed by atoms with E-state index in [1.165, 1.54) is 25.7 Å². The molecule has 1 aliphatic carbocycles. The molecule has 1 unspecified atom stereocenters. The van der Waals surface area contributed by atoms with Gasteiger partial charge in [-0.05, 0) is 31.4 Å². The summed E-state index contributed by atoms with van der Waals surface area (Å²) in [7, 11) is 0. The molecule has 1 saturated heterocycles. The molecular formula is C18H22N4O2. The Kier molecular flexibility index (Phi) is 4.30. The summed E-state index contributed by atoms with van der Waals surface area (Å²) in [5, 5.41) is 6.83. The van der Waals surface area contributed by atoms with Crippen LogP contribution in [0.3, 0.4) is 0 Å². The first-order chi connectivity index (χ1) is 11.8.